The molecule has 0 spiro atoms. The standard InChI is InChI=1S/C18H16N4O3/c1-12(23)20-15-3-2-4-16(9-15)22-18(25)10-17(24)21-14-7-5-13(11-19)6-8-14/h2-9H,10H2,1H3,(H,20,23)(H,21,24)(H,22,25). The van der Waals surface area contributed by atoms with Gasteiger partial charge in [0.05, 0.1) is 11.6 Å². The number of nitrogens with zero attached hydrogens (tertiary/aromatic N) is 1. The van der Waals surface area contributed by atoms with Gasteiger partial charge in [0.25, 0.3) is 0 Å². The van der Waals surface area contributed by atoms with Crippen LogP contribution in [0.3, 0.4) is 0 Å². The third-order valence-electron chi connectivity index (χ3n) is 3.09. The second kappa shape index (κ2) is 8.26. The number of rotatable bonds is 5. The van der Waals surface area contributed by atoms with E-state index in [0.717, 1.165) is 0 Å². The van der Waals surface area contributed by atoms with Crippen molar-refractivity contribution in [1.29, 1.82) is 5.26 Å². The molecular formula is C18H16N4O3. The molecular weight excluding hydrogens is 320 g/mol. The minimum Gasteiger partial charge on any atom is -0.326 e. The van der Waals surface area contributed by atoms with E-state index in [1.807, 2.05) is 6.07 Å². The molecule has 0 aromatic heterocycles. The molecule has 126 valence electrons. The van der Waals surface area contributed by atoms with Gasteiger partial charge in [0.15, 0.2) is 0 Å². The van der Waals surface area contributed by atoms with Crippen molar-refractivity contribution in [2.45, 2.75) is 13.3 Å². The molecule has 0 saturated heterocycles. The summed E-state index contributed by atoms with van der Waals surface area (Å²) in [5.41, 5.74) is 2.01. The lowest BCUT2D eigenvalue weighted by atomic mass is 10.2. The lowest BCUT2D eigenvalue weighted by Gasteiger charge is -2.08. The molecule has 2 rings (SSSR count). The third-order valence-corrected chi connectivity index (χ3v) is 3.09. The van der Waals surface area contributed by atoms with Crippen molar-refractivity contribution >= 4 is 34.8 Å². The van der Waals surface area contributed by atoms with Gasteiger partial charge in [-0.3, -0.25) is 14.4 Å². The molecule has 3 N–H and O–H groups in total. The van der Waals surface area contributed by atoms with E-state index in [0.29, 0.717) is 22.6 Å². The van der Waals surface area contributed by atoms with E-state index in [4.69, 9.17) is 5.26 Å². The number of nitrogens with one attached hydrogen (secondary N) is 3. The molecule has 2 aromatic rings. The molecule has 7 heteroatoms. The van der Waals surface area contributed by atoms with Crippen LogP contribution in [-0.4, -0.2) is 17.7 Å². The first-order valence-electron chi connectivity index (χ1n) is 7.44. The van der Waals surface area contributed by atoms with Crippen molar-refractivity contribution in [3.63, 3.8) is 0 Å². The van der Waals surface area contributed by atoms with Gasteiger partial charge < -0.3 is 16.0 Å². The predicted octanol–water partition coefficient (Wildman–Crippen LogP) is 2.48. The lowest BCUT2D eigenvalue weighted by molar-refractivity contribution is -0.123. The molecule has 3 amide bonds. The van der Waals surface area contributed by atoms with E-state index >= 15 is 0 Å². The highest BCUT2D eigenvalue weighted by Crippen LogP contribution is 2.15. The Balaban J connectivity index is 1.89. The minimum absolute atomic E-state index is 0.217. The molecule has 7 nitrogen and oxygen atoms in total. The van der Waals surface area contributed by atoms with Gasteiger partial charge in [0, 0.05) is 24.0 Å². The summed E-state index contributed by atoms with van der Waals surface area (Å²) in [6.45, 7) is 1.39. The molecule has 0 unspecified atom stereocenters. The Morgan fingerprint density at radius 3 is 2.00 bits per heavy atom. The third kappa shape index (κ3) is 5.80. The van der Waals surface area contributed by atoms with E-state index in [2.05, 4.69) is 16.0 Å². The van der Waals surface area contributed by atoms with Gasteiger partial charge in [-0.25, -0.2) is 0 Å². The molecule has 0 bridgehead atoms. The van der Waals surface area contributed by atoms with E-state index in [1.54, 1.807) is 48.5 Å². The Morgan fingerprint density at radius 2 is 1.44 bits per heavy atom. The smallest absolute Gasteiger partial charge is 0.233 e. The lowest BCUT2D eigenvalue weighted by Crippen LogP contribution is -2.21. The normalized spacial score (nSPS) is 9.60. The second-order valence-electron chi connectivity index (χ2n) is 5.22. The fourth-order valence-corrected chi connectivity index (χ4v) is 2.06. The number of carbonyl (C=O) groups is 3. The van der Waals surface area contributed by atoms with Crippen LogP contribution in [0.15, 0.2) is 48.5 Å². The average Bonchev–Trinajstić information content (AvgIpc) is 2.55. The van der Waals surface area contributed by atoms with Gasteiger partial charge >= 0.3 is 0 Å². The van der Waals surface area contributed by atoms with Crippen LogP contribution < -0.4 is 16.0 Å². The predicted molar refractivity (Wildman–Crippen MR) is 93.8 cm³/mol. The van der Waals surface area contributed by atoms with Crippen LogP contribution in [0.25, 0.3) is 0 Å². The first kappa shape index (κ1) is 17.7. The molecule has 0 aliphatic carbocycles. The van der Waals surface area contributed by atoms with Crippen molar-refractivity contribution < 1.29 is 14.4 Å². The van der Waals surface area contributed by atoms with Crippen LogP contribution >= 0.6 is 0 Å². The zero-order valence-corrected chi connectivity index (χ0v) is 13.5. The zero-order valence-electron chi connectivity index (χ0n) is 13.5. The highest BCUT2D eigenvalue weighted by molar-refractivity contribution is 6.08. The summed E-state index contributed by atoms with van der Waals surface area (Å²) in [6.07, 6.45) is -0.357. The molecule has 0 saturated carbocycles. The Labute approximate surface area is 144 Å². The zero-order chi connectivity index (χ0) is 18.2. The van der Waals surface area contributed by atoms with E-state index in [-0.39, 0.29) is 12.3 Å². The monoisotopic (exact) mass is 336 g/mol. The van der Waals surface area contributed by atoms with Gasteiger partial charge in [-0.1, -0.05) is 6.07 Å². The Morgan fingerprint density at radius 1 is 0.880 bits per heavy atom. The van der Waals surface area contributed by atoms with Crippen LogP contribution in [0, 0.1) is 11.3 Å². The largest absolute Gasteiger partial charge is 0.326 e. The number of hydrogen-bond donors (Lipinski definition) is 3. The average molecular weight is 336 g/mol. The summed E-state index contributed by atoms with van der Waals surface area (Å²) in [6, 6.07) is 14.9. The van der Waals surface area contributed by atoms with Crippen LogP contribution in [0.1, 0.15) is 18.9 Å². The molecule has 0 heterocycles. The Kier molecular flexibility index (Phi) is 5.85. The van der Waals surface area contributed by atoms with Crippen molar-refractivity contribution in [3.05, 3.63) is 54.1 Å². The summed E-state index contributed by atoms with van der Waals surface area (Å²) >= 11 is 0. The van der Waals surface area contributed by atoms with Crippen LogP contribution in [0.4, 0.5) is 17.1 Å². The highest BCUT2D eigenvalue weighted by atomic mass is 16.2. The topological polar surface area (TPSA) is 111 Å². The first-order chi connectivity index (χ1) is 12.0. The number of carbonyl (C=O) groups excluding carboxylic acids is 3. The number of amides is 3. The van der Waals surface area contributed by atoms with E-state index in [1.165, 1.54) is 6.92 Å². The maximum atomic E-state index is 11.9. The first-order valence-corrected chi connectivity index (χ1v) is 7.44. The Hall–Kier alpha value is -3.66. The molecule has 0 radical (unpaired) electrons. The molecule has 0 aliphatic heterocycles. The number of nitriles is 1. The van der Waals surface area contributed by atoms with Crippen molar-refractivity contribution in [2.75, 3.05) is 16.0 Å². The fourth-order valence-electron chi connectivity index (χ4n) is 2.06. The van der Waals surface area contributed by atoms with E-state index < -0.39 is 11.8 Å². The number of anilines is 3. The molecule has 0 fully saturated rings. The number of hydrogen-bond acceptors (Lipinski definition) is 4. The summed E-state index contributed by atoms with van der Waals surface area (Å²) in [5.74, 6) is -1.17. The maximum absolute atomic E-state index is 11.9. The van der Waals surface area contributed by atoms with Gasteiger partial charge in [0.1, 0.15) is 6.42 Å². The summed E-state index contributed by atoms with van der Waals surface area (Å²) in [5, 5.41) is 16.5. The van der Waals surface area contributed by atoms with Gasteiger partial charge in [0.2, 0.25) is 17.7 Å². The van der Waals surface area contributed by atoms with Crippen molar-refractivity contribution in [2.24, 2.45) is 0 Å². The maximum Gasteiger partial charge on any atom is 0.233 e. The summed E-state index contributed by atoms with van der Waals surface area (Å²) < 4.78 is 0. The molecule has 0 atom stereocenters. The summed E-state index contributed by atoms with van der Waals surface area (Å²) in [7, 11) is 0. The van der Waals surface area contributed by atoms with Gasteiger partial charge in [-0.05, 0) is 42.5 Å². The van der Waals surface area contributed by atoms with Crippen LogP contribution in [-0.2, 0) is 14.4 Å². The molecule has 2 aromatic carbocycles. The molecule has 0 aliphatic rings. The Bertz CT molecular complexity index is 838. The van der Waals surface area contributed by atoms with Gasteiger partial charge in [-0.15, -0.1) is 0 Å². The van der Waals surface area contributed by atoms with Crippen LogP contribution in [0.5, 0.6) is 0 Å². The van der Waals surface area contributed by atoms with Crippen molar-refractivity contribution in [3.8, 4) is 6.07 Å². The molecule has 25 heavy (non-hydrogen) atoms. The minimum atomic E-state index is -0.480. The fraction of sp³-hybridized carbons (Fsp3) is 0.111. The SMILES string of the molecule is CC(=O)Nc1cccc(NC(=O)CC(=O)Nc2ccc(C#N)cc2)c1. The quantitative estimate of drug-likeness (QED) is 0.728. The van der Waals surface area contributed by atoms with Gasteiger partial charge in [-0.2, -0.15) is 5.26 Å². The van der Waals surface area contributed by atoms with E-state index in [9.17, 15) is 14.4 Å². The summed E-state index contributed by atoms with van der Waals surface area (Å²) in [4.78, 5) is 34.9. The highest BCUT2D eigenvalue weighted by Gasteiger charge is 2.10. The van der Waals surface area contributed by atoms with Crippen LogP contribution in [0.2, 0.25) is 0 Å². The number of benzene rings is 2. The second-order valence-corrected chi connectivity index (χ2v) is 5.22. The van der Waals surface area contributed by atoms with Crippen molar-refractivity contribution in [1.82, 2.24) is 0 Å².